The largest absolute Gasteiger partial charge is 0.309 e. The third-order valence-corrected chi connectivity index (χ3v) is 13.7. The Balaban J connectivity index is 1.37. The first-order chi connectivity index (χ1) is 22.2. The first kappa shape index (κ1) is 27.1. The highest BCUT2D eigenvalue weighted by molar-refractivity contribution is 7.19. The van der Waals surface area contributed by atoms with E-state index in [9.17, 15) is 0 Å². The SMILES string of the molecule is Fc1cc(-c2cccc([Si](c3ccccc3)(c3ccccc3)c3ccccc3)c2)cc(-n2c3ccccc3c3ccccc32)c1. The number of benzene rings is 7. The number of hydrogen-bond donors (Lipinski definition) is 0. The summed E-state index contributed by atoms with van der Waals surface area (Å²) in [7, 11) is -2.72. The molecule has 0 aliphatic heterocycles. The Morgan fingerprint density at radius 1 is 0.378 bits per heavy atom. The summed E-state index contributed by atoms with van der Waals surface area (Å²) in [5.74, 6) is -0.257. The zero-order chi connectivity index (χ0) is 30.2. The van der Waals surface area contributed by atoms with Crippen LogP contribution in [0.5, 0.6) is 0 Å². The lowest BCUT2D eigenvalue weighted by Crippen LogP contribution is -2.74. The molecule has 0 amide bonds. The molecule has 0 saturated carbocycles. The summed E-state index contributed by atoms with van der Waals surface area (Å²) in [5, 5.41) is 7.50. The van der Waals surface area contributed by atoms with Crippen LogP contribution < -0.4 is 20.7 Å². The standard InChI is InChI=1S/C42H30FNSi/c43-33-27-32(28-34(30-33)44-41-25-12-10-23-39(41)40-24-11-13-26-42(40)44)31-15-14-22-38(29-31)45(35-16-4-1-5-17-35,36-18-6-2-7-19-36)37-20-8-3-9-21-37/h1-30H. The minimum absolute atomic E-state index is 0.257. The third-order valence-electron chi connectivity index (χ3n) is 8.97. The van der Waals surface area contributed by atoms with E-state index in [4.69, 9.17) is 0 Å². The minimum atomic E-state index is -2.72. The van der Waals surface area contributed by atoms with Gasteiger partial charge in [0.2, 0.25) is 0 Å². The number of rotatable bonds is 6. The van der Waals surface area contributed by atoms with Crippen molar-refractivity contribution in [2.24, 2.45) is 0 Å². The summed E-state index contributed by atoms with van der Waals surface area (Å²) in [6.07, 6.45) is 0. The molecule has 0 atom stereocenters. The average Bonchev–Trinajstić information content (AvgIpc) is 3.45. The topological polar surface area (TPSA) is 4.93 Å². The summed E-state index contributed by atoms with van der Waals surface area (Å²) >= 11 is 0. The summed E-state index contributed by atoms with van der Waals surface area (Å²) in [4.78, 5) is 0. The maximum absolute atomic E-state index is 15.6. The van der Waals surface area contributed by atoms with E-state index in [1.165, 1.54) is 20.7 Å². The van der Waals surface area contributed by atoms with Crippen LogP contribution in [0.25, 0.3) is 38.6 Å². The van der Waals surface area contributed by atoms with Gasteiger partial charge in [-0.3, -0.25) is 0 Å². The molecule has 0 aliphatic carbocycles. The fourth-order valence-electron chi connectivity index (χ4n) is 7.07. The van der Waals surface area contributed by atoms with Gasteiger partial charge in [0.1, 0.15) is 5.82 Å². The molecule has 0 fully saturated rings. The summed E-state index contributed by atoms with van der Waals surface area (Å²) < 4.78 is 17.8. The molecule has 0 aliphatic rings. The van der Waals surface area contributed by atoms with Crippen LogP contribution in [-0.4, -0.2) is 12.6 Å². The van der Waals surface area contributed by atoms with E-state index in [1.54, 1.807) is 12.1 Å². The zero-order valence-corrected chi connectivity index (χ0v) is 25.6. The molecule has 214 valence electrons. The molecule has 0 bridgehead atoms. The van der Waals surface area contributed by atoms with Crippen LogP contribution in [0.4, 0.5) is 4.39 Å². The molecule has 8 aromatic rings. The van der Waals surface area contributed by atoms with Crippen molar-refractivity contribution in [3.63, 3.8) is 0 Å². The van der Waals surface area contributed by atoms with Crippen LogP contribution in [0, 0.1) is 5.82 Å². The molecule has 0 spiro atoms. The highest BCUT2D eigenvalue weighted by Crippen LogP contribution is 2.33. The Bertz CT molecular complexity index is 2120. The molecule has 0 saturated heterocycles. The lowest BCUT2D eigenvalue weighted by atomic mass is 10.0. The van der Waals surface area contributed by atoms with Gasteiger partial charge in [-0.15, -0.1) is 0 Å². The fourth-order valence-corrected chi connectivity index (χ4v) is 11.9. The van der Waals surface area contributed by atoms with Gasteiger partial charge < -0.3 is 4.57 Å². The van der Waals surface area contributed by atoms with Crippen molar-refractivity contribution in [3.8, 4) is 16.8 Å². The molecule has 1 aromatic heterocycles. The van der Waals surface area contributed by atoms with Crippen LogP contribution in [-0.2, 0) is 0 Å². The van der Waals surface area contributed by atoms with Crippen molar-refractivity contribution in [2.75, 3.05) is 0 Å². The summed E-state index contributed by atoms with van der Waals surface area (Å²) in [5.41, 5.74) is 4.78. The van der Waals surface area contributed by atoms with E-state index < -0.39 is 8.07 Å². The smallest absolute Gasteiger partial charge is 0.179 e. The van der Waals surface area contributed by atoms with Gasteiger partial charge in [-0.2, -0.15) is 0 Å². The Kier molecular flexibility index (Phi) is 6.74. The van der Waals surface area contributed by atoms with Crippen LogP contribution in [0.2, 0.25) is 0 Å². The first-order valence-electron chi connectivity index (χ1n) is 15.3. The number of para-hydroxylation sites is 2. The maximum atomic E-state index is 15.6. The Morgan fingerprint density at radius 2 is 0.844 bits per heavy atom. The van der Waals surface area contributed by atoms with Gasteiger partial charge in [0, 0.05) is 16.5 Å². The van der Waals surface area contributed by atoms with Crippen molar-refractivity contribution in [1.82, 2.24) is 4.57 Å². The van der Waals surface area contributed by atoms with Crippen LogP contribution in [0.15, 0.2) is 182 Å². The maximum Gasteiger partial charge on any atom is 0.179 e. The summed E-state index contributed by atoms with van der Waals surface area (Å²) in [6, 6.07) is 63.6. The van der Waals surface area contributed by atoms with Gasteiger partial charge in [-0.05, 0) is 62.2 Å². The molecule has 3 heteroatoms. The van der Waals surface area contributed by atoms with E-state index in [0.29, 0.717) is 0 Å². The second-order valence-electron chi connectivity index (χ2n) is 11.5. The molecule has 0 N–H and O–H groups in total. The van der Waals surface area contributed by atoms with Crippen molar-refractivity contribution >= 4 is 50.6 Å². The third kappa shape index (κ3) is 4.52. The van der Waals surface area contributed by atoms with E-state index in [0.717, 1.165) is 38.6 Å². The van der Waals surface area contributed by atoms with E-state index >= 15 is 4.39 Å². The molecule has 7 aromatic carbocycles. The minimum Gasteiger partial charge on any atom is -0.309 e. The van der Waals surface area contributed by atoms with Crippen molar-refractivity contribution in [1.29, 1.82) is 0 Å². The van der Waals surface area contributed by atoms with Crippen LogP contribution >= 0.6 is 0 Å². The number of nitrogens with zero attached hydrogens (tertiary/aromatic N) is 1. The number of hydrogen-bond acceptors (Lipinski definition) is 0. The van der Waals surface area contributed by atoms with E-state index in [-0.39, 0.29) is 5.82 Å². The highest BCUT2D eigenvalue weighted by Gasteiger charge is 2.41. The predicted octanol–water partition coefficient (Wildman–Crippen LogP) is 7.97. The van der Waals surface area contributed by atoms with Gasteiger partial charge in [-0.1, -0.05) is 152 Å². The monoisotopic (exact) mass is 595 g/mol. The van der Waals surface area contributed by atoms with Gasteiger partial charge in [0.25, 0.3) is 0 Å². The predicted molar refractivity (Wildman–Crippen MR) is 190 cm³/mol. The van der Waals surface area contributed by atoms with Gasteiger partial charge in [0.05, 0.1) is 11.0 Å². The second kappa shape index (κ2) is 11.2. The molecular weight excluding hydrogens is 566 g/mol. The van der Waals surface area contributed by atoms with Gasteiger partial charge in [-0.25, -0.2) is 4.39 Å². The lowest BCUT2D eigenvalue weighted by molar-refractivity contribution is 0.627. The first-order valence-corrected chi connectivity index (χ1v) is 17.3. The Labute approximate surface area is 263 Å². The van der Waals surface area contributed by atoms with Gasteiger partial charge >= 0.3 is 0 Å². The number of halogens is 1. The van der Waals surface area contributed by atoms with Crippen LogP contribution in [0.3, 0.4) is 0 Å². The number of aromatic nitrogens is 1. The molecule has 0 unspecified atom stereocenters. The quantitative estimate of drug-likeness (QED) is 0.136. The molecule has 1 nitrogen and oxygen atoms in total. The summed E-state index contributed by atoms with van der Waals surface area (Å²) in [6.45, 7) is 0. The number of fused-ring (bicyclic) bond motifs is 3. The average molecular weight is 596 g/mol. The lowest BCUT2D eigenvalue weighted by Gasteiger charge is -2.34. The molecular formula is C42H30FNSi. The molecule has 8 rings (SSSR count). The van der Waals surface area contributed by atoms with Crippen LogP contribution in [0.1, 0.15) is 0 Å². The van der Waals surface area contributed by atoms with E-state index in [2.05, 4.69) is 162 Å². The Morgan fingerprint density at radius 3 is 1.38 bits per heavy atom. The van der Waals surface area contributed by atoms with Gasteiger partial charge in [0.15, 0.2) is 8.07 Å². The normalized spacial score (nSPS) is 11.7. The highest BCUT2D eigenvalue weighted by atomic mass is 28.3. The van der Waals surface area contributed by atoms with Crippen molar-refractivity contribution < 1.29 is 4.39 Å². The van der Waals surface area contributed by atoms with E-state index in [1.807, 2.05) is 12.1 Å². The second-order valence-corrected chi connectivity index (χ2v) is 15.3. The molecule has 45 heavy (non-hydrogen) atoms. The van der Waals surface area contributed by atoms with Crippen molar-refractivity contribution in [3.05, 3.63) is 188 Å². The fraction of sp³-hybridized carbons (Fsp3) is 0. The Hall–Kier alpha value is -5.51. The zero-order valence-electron chi connectivity index (χ0n) is 24.6. The molecule has 0 radical (unpaired) electrons. The van der Waals surface area contributed by atoms with Crippen molar-refractivity contribution in [2.45, 2.75) is 0 Å². The molecule has 1 heterocycles.